The molecule has 1 N–H and O–H groups in total. The van der Waals surface area contributed by atoms with Gasteiger partial charge in [-0.2, -0.15) is 0 Å². The van der Waals surface area contributed by atoms with Crippen LogP contribution < -0.4 is 14.8 Å². The van der Waals surface area contributed by atoms with E-state index in [-0.39, 0.29) is 11.9 Å². The molecule has 1 amide bonds. The molecule has 0 bridgehead atoms. The van der Waals surface area contributed by atoms with E-state index in [1.165, 1.54) is 0 Å². The summed E-state index contributed by atoms with van der Waals surface area (Å²) >= 11 is 3.40. The summed E-state index contributed by atoms with van der Waals surface area (Å²) in [4.78, 5) is 12.2. The van der Waals surface area contributed by atoms with Crippen LogP contribution in [0.15, 0.2) is 18.2 Å². The van der Waals surface area contributed by atoms with Crippen LogP contribution in [-0.2, 0) is 0 Å². The molecule has 1 unspecified atom stereocenters. The van der Waals surface area contributed by atoms with Crippen molar-refractivity contribution >= 4 is 21.8 Å². The van der Waals surface area contributed by atoms with E-state index in [0.29, 0.717) is 30.3 Å². The molecule has 2 rings (SSSR count). The lowest BCUT2D eigenvalue weighted by Gasteiger charge is -2.20. The summed E-state index contributed by atoms with van der Waals surface area (Å²) in [5, 5.41) is 3.91. The Bertz CT molecular complexity index is 450. The van der Waals surface area contributed by atoms with Crippen LogP contribution >= 0.6 is 15.9 Å². The predicted octanol–water partition coefficient (Wildman–Crippen LogP) is 2.75. The first kappa shape index (κ1) is 14.2. The minimum atomic E-state index is -0.0650. The molecule has 0 fully saturated rings. The third kappa shape index (κ3) is 3.62. The van der Waals surface area contributed by atoms with Crippen LogP contribution in [0.3, 0.4) is 0 Å². The van der Waals surface area contributed by atoms with Gasteiger partial charge in [-0.25, -0.2) is 0 Å². The van der Waals surface area contributed by atoms with Gasteiger partial charge in [-0.3, -0.25) is 4.79 Å². The number of amides is 1. The van der Waals surface area contributed by atoms with Gasteiger partial charge >= 0.3 is 0 Å². The normalized spacial score (nSPS) is 14.8. The number of alkyl halides is 1. The number of hydrogen-bond donors (Lipinski definition) is 1. The van der Waals surface area contributed by atoms with Crippen molar-refractivity contribution in [2.75, 3.05) is 18.5 Å². The van der Waals surface area contributed by atoms with Crippen molar-refractivity contribution in [2.24, 2.45) is 0 Å². The number of hydrogen-bond acceptors (Lipinski definition) is 3. The van der Waals surface area contributed by atoms with Gasteiger partial charge in [0, 0.05) is 16.9 Å². The number of carbonyl (C=O) groups excluding carboxylic acids is 1. The Labute approximate surface area is 121 Å². The fourth-order valence-corrected chi connectivity index (χ4v) is 2.52. The van der Waals surface area contributed by atoms with Crippen molar-refractivity contribution < 1.29 is 14.3 Å². The predicted molar refractivity (Wildman–Crippen MR) is 77.4 cm³/mol. The monoisotopic (exact) mass is 327 g/mol. The number of rotatable bonds is 5. The van der Waals surface area contributed by atoms with E-state index in [2.05, 4.69) is 28.2 Å². The Morgan fingerprint density at radius 1 is 1.37 bits per heavy atom. The van der Waals surface area contributed by atoms with Crippen molar-refractivity contribution in [1.29, 1.82) is 0 Å². The average molecular weight is 328 g/mol. The van der Waals surface area contributed by atoms with Crippen molar-refractivity contribution in [1.82, 2.24) is 5.32 Å². The molecule has 0 spiro atoms. The Morgan fingerprint density at radius 3 is 2.79 bits per heavy atom. The van der Waals surface area contributed by atoms with Crippen molar-refractivity contribution in [2.45, 2.75) is 25.8 Å². The van der Waals surface area contributed by atoms with Crippen LogP contribution in [0.1, 0.15) is 30.1 Å². The maximum absolute atomic E-state index is 12.2. The molecule has 104 valence electrons. The second-order valence-electron chi connectivity index (χ2n) is 4.41. The maximum atomic E-state index is 12.2. The Morgan fingerprint density at radius 2 is 2.11 bits per heavy atom. The van der Waals surface area contributed by atoms with Crippen molar-refractivity contribution in [3.05, 3.63) is 23.8 Å². The van der Waals surface area contributed by atoms with Gasteiger partial charge in [-0.15, -0.1) is 0 Å². The highest BCUT2D eigenvalue weighted by Crippen LogP contribution is 2.30. The van der Waals surface area contributed by atoms with E-state index in [4.69, 9.17) is 9.47 Å². The zero-order valence-electron chi connectivity index (χ0n) is 10.9. The van der Waals surface area contributed by atoms with Crippen LogP contribution in [-0.4, -0.2) is 30.5 Å². The van der Waals surface area contributed by atoms with Gasteiger partial charge in [0.1, 0.15) is 13.2 Å². The maximum Gasteiger partial charge on any atom is 0.251 e. The smallest absolute Gasteiger partial charge is 0.251 e. The summed E-state index contributed by atoms with van der Waals surface area (Å²) in [6.45, 7) is 3.15. The summed E-state index contributed by atoms with van der Waals surface area (Å²) in [5.74, 6) is 1.28. The third-order valence-electron chi connectivity index (χ3n) is 3.09. The van der Waals surface area contributed by atoms with E-state index < -0.39 is 0 Å². The zero-order chi connectivity index (χ0) is 13.7. The van der Waals surface area contributed by atoms with Gasteiger partial charge < -0.3 is 14.8 Å². The highest BCUT2D eigenvalue weighted by molar-refractivity contribution is 9.09. The third-order valence-corrected chi connectivity index (χ3v) is 3.55. The lowest BCUT2D eigenvalue weighted by molar-refractivity contribution is 0.0934. The molecule has 0 saturated carbocycles. The standard InChI is InChI=1S/C14H18BrNO3/c1-2-11(5-6-15)16-14(17)10-3-4-12-13(9-10)19-8-7-18-12/h3-4,9,11H,2,5-8H2,1H3,(H,16,17). The zero-order valence-corrected chi connectivity index (χ0v) is 12.5. The number of carbonyl (C=O) groups is 1. The number of fused-ring (bicyclic) bond motifs is 1. The highest BCUT2D eigenvalue weighted by atomic mass is 79.9. The minimum Gasteiger partial charge on any atom is -0.486 e. The molecule has 1 atom stereocenters. The van der Waals surface area contributed by atoms with Crippen LogP contribution in [0.5, 0.6) is 11.5 Å². The molecule has 1 aromatic rings. The lowest BCUT2D eigenvalue weighted by Crippen LogP contribution is -2.34. The van der Waals surface area contributed by atoms with Crippen LogP contribution in [0.2, 0.25) is 0 Å². The molecule has 5 heteroatoms. The molecule has 0 radical (unpaired) electrons. The fraction of sp³-hybridized carbons (Fsp3) is 0.500. The van der Waals surface area contributed by atoms with Gasteiger partial charge in [0.05, 0.1) is 0 Å². The SMILES string of the molecule is CCC(CCBr)NC(=O)c1ccc2c(c1)OCCO2. The van der Waals surface area contributed by atoms with Crippen LogP contribution in [0.25, 0.3) is 0 Å². The molecule has 1 aliphatic heterocycles. The summed E-state index contributed by atoms with van der Waals surface area (Å²) < 4.78 is 10.9. The molecule has 1 aliphatic rings. The number of benzene rings is 1. The largest absolute Gasteiger partial charge is 0.486 e. The molecule has 19 heavy (non-hydrogen) atoms. The van der Waals surface area contributed by atoms with Crippen molar-refractivity contribution in [3.8, 4) is 11.5 Å². The molecular formula is C14H18BrNO3. The quantitative estimate of drug-likeness (QED) is 0.846. The number of ether oxygens (including phenoxy) is 2. The Balaban J connectivity index is 2.06. The van der Waals surface area contributed by atoms with Crippen molar-refractivity contribution in [3.63, 3.8) is 0 Å². The first-order valence-corrected chi connectivity index (χ1v) is 7.63. The molecule has 0 saturated heterocycles. The van der Waals surface area contributed by atoms with E-state index in [1.54, 1.807) is 18.2 Å². The van der Waals surface area contributed by atoms with Crippen LogP contribution in [0.4, 0.5) is 0 Å². The van der Waals surface area contributed by atoms with E-state index in [1.807, 2.05) is 0 Å². The Hall–Kier alpha value is -1.23. The number of halogens is 1. The minimum absolute atomic E-state index is 0.0650. The van der Waals surface area contributed by atoms with Gasteiger partial charge in [-0.05, 0) is 31.0 Å². The highest BCUT2D eigenvalue weighted by Gasteiger charge is 2.16. The lowest BCUT2D eigenvalue weighted by atomic mass is 10.1. The topological polar surface area (TPSA) is 47.6 Å². The second kappa shape index (κ2) is 6.80. The number of nitrogens with one attached hydrogen (secondary N) is 1. The van der Waals surface area contributed by atoms with Gasteiger partial charge in [0.25, 0.3) is 5.91 Å². The summed E-state index contributed by atoms with van der Waals surface area (Å²) in [5.41, 5.74) is 0.609. The van der Waals surface area contributed by atoms with E-state index in [0.717, 1.165) is 18.2 Å². The van der Waals surface area contributed by atoms with Gasteiger partial charge in [-0.1, -0.05) is 22.9 Å². The van der Waals surface area contributed by atoms with Gasteiger partial charge in [0.15, 0.2) is 11.5 Å². The summed E-state index contributed by atoms with van der Waals surface area (Å²) in [7, 11) is 0. The molecule has 1 aromatic carbocycles. The second-order valence-corrected chi connectivity index (χ2v) is 5.21. The van der Waals surface area contributed by atoms with Gasteiger partial charge in [0.2, 0.25) is 0 Å². The molecule has 4 nitrogen and oxygen atoms in total. The van der Waals surface area contributed by atoms with E-state index in [9.17, 15) is 4.79 Å². The first-order chi connectivity index (χ1) is 9.24. The molecule has 0 aliphatic carbocycles. The van der Waals surface area contributed by atoms with Crippen LogP contribution in [0, 0.1) is 0 Å². The first-order valence-electron chi connectivity index (χ1n) is 6.51. The Kier molecular flexibility index (Phi) is 5.07. The van der Waals surface area contributed by atoms with E-state index >= 15 is 0 Å². The average Bonchev–Trinajstić information content (AvgIpc) is 2.46. The summed E-state index contributed by atoms with van der Waals surface area (Å²) in [6.07, 6.45) is 1.84. The molecular weight excluding hydrogens is 310 g/mol. The molecule has 1 heterocycles. The summed E-state index contributed by atoms with van der Waals surface area (Å²) in [6, 6.07) is 5.49. The molecule has 0 aromatic heterocycles. The fourth-order valence-electron chi connectivity index (χ4n) is 1.96.